The van der Waals surface area contributed by atoms with Crippen LogP contribution in [0.1, 0.15) is 27.7 Å². The predicted octanol–water partition coefficient (Wildman–Crippen LogP) is 0.709. The largest absolute Gasteiger partial charge is 0.478 e. The Bertz CT molecular complexity index is 401. The summed E-state index contributed by atoms with van der Waals surface area (Å²) in [6.45, 7) is 15.2. The van der Waals surface area contributed by atoms with Crippen LogP contribution in [0, 0.1) is 0 Å². The van der Waals surface area contributed by atoms with Gasteiger partial charge < -0.3 is 30.3 Å². The molecule has 0 bridgehead atoms. The molecule has 0 amide bonds. The van der Waals surface area contributed by atoms with E-state index in [1.807, 2.05) is 0 Å². The molecule has 9 nitrogen and oxygen atoms in total. The summed E-state index contributed by atoms with van der Waals surface area (Å²) in [4.78, 5) is 29.7. The van der Waals surface area contributed by atoms with E-state index in [0.29, 0.717) is 0 Å². The van der Waals surface area contributed by atoms with Gasteiger partial charge in [-0.25, -0.2) is 14.4 Å². The molecule has 0 aromatic heterocycles. The number of esters is 1. The molecule has 1 atom stereocenters. The van der Waals surface area contributed by atoms with E-state index in [0.717, 1.165) is 0 Å². The van der Waals surface area contributed by atoms with Crippen molar-refractivity contribution in [3.63, 3.8) is 0 Å². The summed E-state index contributed by atoms with van der Waals surface area (Å²) in [5.74, 6) is -2.44. The SMILES string of the molecule is C=C(C)C(=O)O.C=C(C)C(=O)O.C=C(C)C(=O)OC(C)O.OCCO. The molecule has 146 valence electrons. The fraction of sp³-hybridized carbons (Fsp3) is 0.438. The van der Waals surface area contributed by atoms with E-state index in [4.69, 9.17) is 25.5 Å². The van der Waals surface area contributed by atoms with E-state index in [1.165, 1.54) is 27.7 Å². The molecule has 0 rings (SSSR count). The van der Waals surface area contributed by atoms with Crippen molar-refractivity contribution in [2.45, 2.75) is 34.0 Å². The molecule has 0 spiro atoms. The Labute approximate surface area is 147 Å². The lowest BCUT2D eigenvalue weighted by molar-refractivity contribution is -0.159. The van der Waals surface area contributed by atoms with E-state index >= 15 is 0 Å². The van der Waals surface area contributed by atoms with Crippen molar-refractivity contribution in [3.8, 4) is 0 Å². The maximum atomic E-state index is 10.5. The van der Waals surface area contributed by atoms with Crippen molar-refractivity contribution in [2.24, 2.45) is 0 Å². The Balaban J connectivity index is -0.000000123. The maximum Gasteiger partial charge on any atom is 0.335 e. The number of carbonyl (C=O) groups excluding carboxylic acids is 1. The molecule has 9 heteroatoms. The van der Waals surface area contributed by atoms with Crippen LogP contribution in [-0.2, 0) is 19.1 Å². The molecule has 1 unspecified atom stereocenters. The summed E-state index contributed by atoms with van der Waals surface area (Å²) in [5, 5.41) is 39.5. The Morgan fingerprint density at radius 1 is 0.840 bits per heavy atom. The highest BCUT2D eigenvalue weighted by Crippen LogP contribution is 1.94. The van der Waals surface area contributed by atoms with Gasteiger partial charge in [-0.05, 0) is 27.7 Å². The zero-order valence-electron chi connectivity index (χ0n) is 15.0. The molecule has 0 heterocycles. The van der Waals surface area contributed by atoms with Crippen molar-refractivity contribution in [2.75, 3.05) is 13.2 Å². The average Bonchev–Trinajstić information content (AvgIpc) is 2.47. The quantitative estimate of drug-likeness (QED) is 0.269. The van der Waals surface area contributed by atoms with E-state index in [9.17, 15) is 14.4 Å². The molecule has 0 radical (unpaired) electrons. The number of hydrogen-bond acceptors (Lipinski definition) is 7. The van der Waals surface area contributed by atoms with Gasteiger partial charge in [0.15, 0.2) is 6.29 Å². The minimum Gasteiger partial charge on any atom is -0.478 e. The monoisotopic (exact) mass is 364 g/mol. The molecule has 5 N–H and O–H groups in total. The van der Waals surface area contributed by atoms with Crippen LogP contribution in [0.25, 0.3) is 0 Å². The second-order valence-electron chi connectivity index (χ2n) is 4.40. The Kier molecular flexibility index (Phi) is 23.8. The third kappa shape index (κ3) is 38.9. The van der Waals surface area contributed by atoms with Gasteiger partial charge in [0.25, 0.3) is 0 Å². The Morgan fingerprint density at radius 2 is 1.08 bits per heavy atom. The summed E-state index contributed by atoms with van der Waals surface area (Å²) < 4.78 is 4.33. The van der Waals surface area contributed by atoms with Crippen LogP contribution >= 0.6 is 0 Å². The van der Waals surface area contributed by atoms with Gasteiger partial charge >= 0.3 is 17.9 Å². The summed E-state index contributed by atoms with van der Waals surface area (Å²) >= 11 is 0. The number of carboxylic acids is 2. The fourth-order valence-electron chi connectivity index (χ4n) is 0.255. The first-order valence-electron chi connectivity index (χ1n) is 6.78. The molecule has 0 aliphatic carbocycles. The Morgan fingerprint density at radius 3 is 1.12 bits per heavy atom. The van der Waals surface area contributed by atoms with Gasteiger partial charge in [0.05, 0.1) is 13.2 Å². The number of hydrogen-bond donors (Lipinski definition) is 5. The first-order chi connectivity index (χ1) is 11.2. The van der Waals surface area contributed by atoms with Crippen molar-refractivity contribution >= 4 is 17.9 Å². The predicted molar refractivity (Wildman–Crippen MR) is 91.7 cm³/mol. The van der Waals surface area contributed by atoms with Crippen LogP contribution in [0.5, 0.6) is 0 Å². The number of aliphatic hydroxyl groups is 3. The maximum absolute atomic E-state index is 10.5. The number of rotatable bonds is 5. The van der Waals surface area contributed by atoms with Crippen LogP contribution in [0.4, 0.5) is 0 Å². The van der Waals surface area contributed by atoms with E-state index < -0.39 is 24.2 Å². The van der Waals surface area contributed by atoms with E-state index in [1.54, 1.807) is 0 Å². The molecule has 0 aromatic rings. The van der Waals surface area contributed by atoms with Crippen LogP contribution in [-0.4, -0.2) is 62.9 Å². The molecular weight excluding hydrogens is 336 g/mol. The van der Waals surface area contributed by atoms with Gasteiger partial charge in [-0.3, -0.25) is 0 Å². The normalized spacial score (nSPS) is 9.24. The van der Waals surface area contributed by atoms with Crippen molar-refractivity contribution in [1.82, 2.24) is 0 Å². The number of aliphatic carboxylic acids is 2. The summed E-state index contributed by atoms with van der Waals surface area (Å²) in [6, 6.07) is 0. The van der Waals surface area contributed by atoms with Gasteiger partial charge in [0.2, 0.25) is 0 Å². The highest BCUT2D eigenvalue weighted by molar-refractivity contribution is 5.87. The number of aliphatic hydroxyl groups excluding tert-OH is 3. The standard InChI is InChI=1S/C6H10O3.2C4H6O2.C2H6O2/c1-4(2)6(8)9-5(3)7;2*1-3(2)4(5)6;3-1-2-4/h5,7H,1H2,2-3H3;2*1H2,2H3,(H,5,6);3-4H,1-2H2. The molecule has 0 saturated carbocycles. The zero-order valence-corrected chi connectivity index (χ0v) is 15.0. The molecule has 0 fully saturated rings. The number of ether oxygens (including phenoxy) is 1. The third-order valence-corrected chi connectivity index (χ3v) is 1.46. The van der Waals surface area contributed by atoms with Crippen LogP contribution < -0.4 is 0 Å². The van der Waals surface area contributed by atoms with Gasteiger partial charge in [-0.2, -0.15) is 0 Å². The summed E-state index contributed by atoms with van der Waals surface area (Å²) in [6.07, 6.45) is -1.05. The van der Waals surface area contributed by atoms with Gasteiger partial charge in [0, 0.05) is 16.7 Å². The molecular formula is C16H28O9. The first kappa shape index (κ1) is 30.4. The van der Waals surface area contributed by atoms with Gasteiger partial charge in [-0.1, -0.05) is 19.7 Å². The van der Waals surface area contributed by atoms with E-state index in [-0.39, 0.29) is 29.9 Å². The minimum absolute atomic E-state index is 0.125. The highest BCUT2D eigenvalue weighted by atomic mass is 16.6. The summed E-state index contributed by atoms with van der Waals surface area (Å²) in [7, 11) is 0. The number of carbonyl (C=O) groups is 3. The molecule has 25 heavy (non-hydrogen) atoms. The van der Waals surface area contributed by atoms with Crippen LogP contribution in [0.15, 0.2) is 36.5 Å². The molecule has 0 aliphatic heterocycles. The third-order valence-electron chi connectivity index (χ3n) is 1.46. The van der Waals surface area contributed by atoms with Crippen LogP contribution in [0.3, 0.4) is 0 Å². The Hall–Kier alpha value is -2.49. The van der Waals surface area contributed by atoms with E-state index in [2.05, 4.69) is 24.5 Å². The molecule has 0 aromatic carbocycles. The highest BCUT2D eigenvalue weighted by Gasteiger charge is 2.04. The second-order valence-corrected chi connectivity index (χ2v) is 4.40. The zero-order chi connectivity index (χ0) is 21.2. The molecule has 0 aliphatic rings. The first-order valence-corrected chi connectivity index (χ1v) is 6.78. The van der Waals surface area contributed by atoms with Crippen molar-refractivity contribution < 1.29 is 44.7 Å². The van der Waals surface area contributed by atoms with Gasteiger partial charge in [-0.15, -0.1) is 0 Å². The average molecular weight is 364 g/mol. The lowest BCUT2D eigenvalue weighted by Crippen LogP contribution is -2.13. The fourth-order valence-corrected chi connectivity index (χ4v) is 0.255. The number of carboxylic acid groups (broad SMARTS) is 2. The smallest absolute Gasteiger partial charge is 0.335 e. The second kappa shape index (κ2) is 19.6. The van der Waals surface area contributed by atoms with Crippen molar-refractivity contribution in [1.29, 1.82) is 0 Å². The lowest BCUT2D eigenvalue weighted by atomic mass is 10.4. The lowest BCUT2D eigenvalue weighted by Gasteiger charge is -2.04. The topological polar surface area (TPSA) is 162 Å². The summed E-state index contributed by atoms with van der Waals surface area (Å²) in [5.41, 5.74) is 0.640. The molecule has 0 saturated heterocycles. The van der Waals surface area contributed by atoms with Gasteiger partial charge in [0.1, 0.15) is 0 Å². The van der Waals surface area contributed by atoms with Crippen molar-refractivity contribution in [3.05, 3.63) is 36.5 Å². The van der Waals surface area contributed by atoms with Crippen LogP contribution in [0.2, 0.25) is 0 Å². The minimum atomic E-state index is -1.05.